The smallest absolute Gasteiger partial charge is 0.341 e. The van der Waals surface area contributed by atoms with Crippen LogP contribution in [-0.4, -0.2) is 12.6 Å². The Kier molecular flexibility index (Phi) is 4.43. The zero-order valence-corrected chi connectivity index (χ0v) is 13.7. The Bertz CT molecular complexity index is 505. The van der Waals surface area contributed by atoms with Crippen molar-refractivity contribution in [1.82, 2.24) is 0 Å². The third kappa shape index (κ3) is 2.71. The first kappa shape index (κ1) is 15.4. The predicted octanol–water partition coefficient (Wildman–Crippen LogP) is 4.05. The summed E-state index contributed by atoms with van der Waals surface area (Å²) in [5, 5.41) is 0.628. The first-order valence-electron chi connectivity index (χ1n) is 7.47. The second-order valence-electron chi connectivity index (χ2n) is 6.25. The number of carbonyl (C=O) groups is 1. The first-order chi connectivity index (χ1) is 9.40. The predicted molar refractivity (Wildman–Crippen MR) is 84.3 cm³/mol. The number of hydrogen-bond acceptors (Lipinski definition) is 4. The summed E-state index contributed by atoms with van der Waals surface area (Å²) in [7, 11) is 0. The van der Waals surface area contributed by atoms with Gasteiger partial charge in [0.1, 0.15) is 5.00 Å². The van der Waals surface area contributed by atoms with Crippen molar-refractivity contribution in [2.45, 2.75) is 53.4 Å². The Morgan fingerprint density at radius 3 is 2.75 bits per heavy atom. The van der Waals surface area contributed by atoms with Crippen LogP contribution in [0.25, 0.3) is 0 Å². The van der Waals surface area contributed by atoms with E-state index in [2.05, 4.69) is 20.8 Å². The standard InChI is InChI=1S/C16H25NO2S/c1-5-16(3,4)10-7-8-11-12(9-10)20-14(17)13(11)15(18)19-6-2/h10H,5-9,17H2,1-4H3/t10-/m1/s1. The van der Waals surface area contributed by atoms with Crippen molar-refractivity contribution in [3.05, 3.63) is 16.0 Å². The molecule has 0 aliphatic heterocycles. The lowest BCUT2D eigenvalue weighted by atomic mass is 9.69. The topological polar surface area (TPSA) is 52.3 Å². The van der Waals surface area contributed by atoms with Crippen molar-refractivity contribution in [3.63, 3.8) is 0 Å². The van der Waals surface area contributed by atoms with E-state index in [1.54, 1.807) is 11.3 Å². The van der Waals surface area contributed by atoms with Crippen molar-refractivity contribution >= 4 is 22.3 Å². The van der Waals surface area contributed by atoms with Crippen molar-refractivity contribution in [1.29, 1.82) is 0 Å². The fourth-order valence-corrected chi connectivity index (χ4v) is 4.18. The molecule has 0 radical (unpaired) electrons. The summed E-state index contributed by atoms with van der Waals surface area (Å²) < 4.78 is 5.14. The molecule has 1 heterocycles. The molecule has 20 heavy (non-hydrogen) atoms. The van der Waals surface area contributed by atoms with E-state index in [1.165, 1.54) is 11.3 Å². The number of anilines is 1. The molecule has 2 rings (SSSR count). The number of carbonyl (C=O) groups excluding carboxylic acids is 1. The van der Waals surface area contributed by atoms with Gasteiger partial charge in [0.2, 0.25) is 0 Å². The molecule has 0 bridgehead atoms. The van der Waals surface area contributed by atoms with Crippen molar-refractivity contribution in [3.8, 4) is 0 Å². The number of hydrogen-bond donors (Lipinski definition) is 1. The van der Waals surface area contributed by atoms with Crippen LogP contribution in [0.3, 0.4) is 0 Å². The van der Waals surface area contributed by atoms with E-state index in [1.807, 2.05) is 6.92 Å². The highest BCUT2D eigenvalue weighted by Gasteiger charge is 2.34. The molecule has 0 aromatic carbocycles. The number of rotatable bonds is 4. The van der Waals surface area contributed by atoms with Gasteiger partial charge in [-0.05, 0) is 43.1 Å². The van der Waals surface area contributed by atoms with Crippen LogP contribution >= 0.6 is 11.3 Å². The van der Waals surface area contributed by atoms with Gasteiger partial charge in [-0.15, -0.1) is 11.3 Å². The molecule has 1 aromatic rings. The normalized spacial score (nSPS) is 18.7. The van der Waals surface area contributed by atoms with Crippen molar-refractivity contribution in [2.24, 2.45) is 11.3 Å². The number of nitrogens with two attached hydrogens (primary N) is 1. The van der Waals surface area contributed by atoms with Crippen LogP contribution in [0.1, 0.15) is 61.3 Å². The van der Waals surface area contributed by atoms with Crippen LogP contribution < -0.4 is 5.73 Å². The molecule has 0 spiro atoms. The van der Waals surface area contributed by atoms with E-state index < -0.39 is 0 Å². The SMILES string of the molecule is CCOC(=O)c1c(N)sc2c1CC[C@@H](C(C)(C)CC)C2. The quantitative estimate of drug-likeness (QED) is 0.853. The minimum atomic E-state index is -0.254. The summed E-state index contributed by atoms with van der Waals surface area (Å²) in [6.07, 6.45) is 4.31. The van der Waals surface area contributed by atoms with Gasteiger partial charge in [0.15, 0.2) is 0 Å². The molecule has 3 nitrogen and oxygen atoms in total. The van der Waals surface area contributed by atoms with E-state index in [9.17, 15) is 4.79 Å². The van der Waals surface area contributed by atoms with Gasteiger partial charge in [-0.25, -0.2) is 4.79 Å². The average Bonchev–Trinajstić information content (AvgIpc) is 2.73. The highest BCUT2D eigenvalue weighted by Crippen LogP contribution is 2.44. The molecule has 0 fully saturated rings. The van der Waals surface area contributed by atoms with E-state index in [0.717, 1.165) is 24.8 Å². The fraction of sp³-hybridized carbons (Fsp3) is 0.688. The number of nitrogen functional groups attached to an aromatic ring is 1. The van der Waals surface area contributed by atoms with Crippen molar-refractivity contribution < 1.29 is 9.53 Å². The molecule has 1 aromatic heterocycles. The van der Waals surface area contributed by atoms with Gasteiger partial charge < -0.3 is 10.5 Å². The zero-order chi connectivity index (χ0) is 14.9. The molecular formula is C16H25NO2S. The number of thiophene rings is 1. The van der Waals surface area contributed by atoms with Crippen LogP contribution in [0.4, 0.5) is 5.00 Å². The van der Waals surface area contributed by atoms with Crippen LogP contribution in [0.15, 0.2) is 0 Å². The molecule has 0 unspecified atom stereocenters. The number of fused-ring (bicyclic) bond motifs is 1. The Morgan fingerprint density at radius 1 is 1.45 bits per heavy atom. The summed E-state index contributed by atoms with van der Waals surface area (Å²) in [4.78, 5) is 13.3. The molecular weight excluding hydrogens is 270 g/mol. The van der Waals surface area contributed by atoms with Gasteiger partial charge in [-0.1, -0.05) is 27.2 Å². The molecule has 1 aliphatic carbocycles. The molecule has 4 heteroatoms. The Hall–Kier alpha value is -1.03. The maximum atomic E-state index is 12.0. The Balaban J connectivity index is 2.28. The van der Waals surface area contributed by atoms with Crippen LogP contribution in [-0.2, 0) is 17.6 Å². The van der Waals surface area contributed by atoms with Gasteiger partial charge in [0.25, 0.3) is 0 Å². The molecule has 2 N–H and O–H groups in total. The average molecular weight is 295 g/mol. The fourth-order valence-electron chi connectivity index (χ4n) is 2.99. The lowest BCUT2D eigenvalue weighted by Crippen LogP contribution is -2.28. The van der Waals surface area contributed by atoms with Gasteiger partial charge in [-0.3, -0.25) is 0 Å². The lowest BCUT2D eigenvalue weighted by Gasteiger charge is -2.36. The Labute approximate surface area is 125 Å². The van der Waals surface area contributed by atoms with E-state index >= 15 is 0 Å². The van der Waals surface area contributed by atoms with Crippen molar-refractivity contribution in [2.75, 3.05) is 12.3 Å². The van der Waals surface area contributed by atoms with Gasteiger partial charge in [0.05, 0.1) is 12.2 Å². The lowest BCUT2D eigenvalue weighted by molar-refractivity contribution is 0.0526. The zero-order valence-electron chi connectivity index (χ0n) is 12.9. The van der Waals surface area contributed by atoms with Crippen LogP contribution in [0.5, 0.6) is 0 Å². The summed E-state index contributed by atoms with van der Waals surface area (Å²) in [5.41, 5.74) is 8.19. The number of ether oxygens (including phenoxy) is 1. The van der Waals surface area contributed by atoms with Gasteiger partial charge in [-0.2, -0.15) is 0 Å². The third-order valence-corrected chi connectivity index (χ3v) is 5.87. The molecule has 0 amide bonds. The highest BCUT2D eigenvalue weighted by atomic mass is 32.1. The Morgan fingerprint density at radius 2 is 2.15 bits per heavy atom. The van der Waals surface area contributed by atoms with Gasteiger partial charge in [0, 0.05) is 4.88 Å². The summed E-state index contributed by atoms with van der Waals surface area (Å²) in [6, 6.07) is 0. The monoisotopic (exact) mass is 295 g/mol. The van der Waals surface area contributed by atoms with E-state index in [-0.39, 0.29) is 5.97 Å². The summed E-state index contributed by atoms with van der Waals surface area (Å²) >= 11 is 1.58. The maximum Gasteiger partial charge on any atom is 0.341 e. The molecule has 1 aliphatic rings. The molecule has 112 valence electrons. The van der Waals surface area contributed by atoms with Crippen LogP contribution in [0, 0.1) is 11.3 Å². The molecule has 0 saturated carbocycles. The van der Waals surface area contributed by atoms with E-state index in [4.69, 9.17) is 10.5 Å². The summed E-state index contributed by atoms with van der Waals surface area (Å²) in [6.45, 7) is 9.15. The summed E-state index contributed by atoms with van der Waals surface area (Å²) in [5.74, 6) is 0.420. The van der Waals surface area contributed by atoms with Gasteiger partial charge >= 0.3 is 5.97 Å². The minimum absolute atomic E-state index is 0.254. The molecule has 1 atom stereocenters. The largest absolute Gasteiger partial charge is 0.462 e. The maximum absolute atomic E-state index is 12.0. The second-order valence-corrected chi connectivity index (χ2v) is 7.38. The first-order valence-corrected chi connectivity index (χ1v) is 8.29. The number of esters is 1. The van der Waals surface area contributed by atoms with E-state index in [0.29, 0.717) is 28.5 Å². The second kappa shape index (κ2) is 5.76. The van der Waals surface area contributed by atoms with Crippen LogP contribution in [0.2, 0.25) is 0 Å². The minimum Gasteiger partial charge on any atom is -0.462 e. The highest BCUT2D eigenvalue weighted by molar-refractivity contribution is 7.16. The third-order valence-electron chi connectivity index (χ3n) is 4.79. The molecule has 0 saturated heterocycles.